The van der Waals surface area contributed by atoms with E-state index in [0.717, 1.165) is 32.5 Å². The first-order chi connectivity index (χ1) is 16.4. The summed E-state index contributed by atoms with van der Waals surface area (Å²) in [6, 6.07) is 19.5. The molecule has 1 heterocycles. The van der Waals surface area contributed by atoms with Crippen molar-refractivity contribution in [3.63, 3.8) is 0 Å². The number of benzene rings is 3. The number of ether oxygens (including phenoxy) is 2. The molecule has 3 aromatic carbocycles. The summed E-state index contributed by atoms with van der Waals surface area (Å²) in [6.07, 6.45) is 3.46. The fraction of sp³-hybridized carbons (Fsp3) is 0.185. The SMILES string of the molecule is COc1ccc(C(=O)Nc2cnn(Cc3ccc(Br)cc3)c2)cc1COc1cc(C)ccc1C. The number of rotatable bonds is 8. The molecule has 4 rings (SSSR count). The van der Waals surface area contributed by atoms with Crippen LogP contribution >= 0.6 is 15.9 Å². The predicted molar refractivity (Wildman–Crippen MR) is 137 cm³/mol. The number of aryl methyl sites for hydroxylation is 2. The summed E-state index contributed by atoms with van der Waals surface area (Å²) in [4.78, 5) is 12.9. The summed E-state index contributed by atoms with van der Waals surface area (Å²) in [6.45, 7) is 4.94. The molecular formula is C27H26BrN3O3. The second kappa shape index (κ2) is 10.6. The topological polar surface area (TPSA) is 65.4 Å². The van der Waals surface area contributed by atoms with Crippen LogP contribution < -0.4 is 14.8 Å². The molecular weight excluding hydrogens is 494 g/mol. The van der Waals surface area contributed by atoms with E-state index in [1.807, 2.05) is 56.4 Å². The van der Waals surface area contributed by atoms with Gasteiger partial charge in [0.15, 0.2) is 0 Å². The lowest BCUT2D eigenvalue weighted by molar-refractivity contribution is 0.102. The number of aromatic nitrogens is 2. The lowest BCUT2D eigenvalue weighted by Gasteiger charge is -2.14. The van der Waals surface area contributed by atoms with Crippen LogP contribution in [0, 0.1) is 13.8 Å². The molecule has 0 saturated heterocycles. The molecule has 0 saturated carbocycles. The zero-order chi connectivity index (χ0) is 24.1. The number of carbonyl (C=O) groups is 1. The summed E-state index contributed by atoms with van der Waals surface area (Å²) in [5.74, 6) is 1.26. The van der Waals surface area contributed by atoms with E-state index >= 15 is 0 Å². The predicted octanol–water partition coefficient (Wildman–Crippen LogP) is 6.15. The summed E-state index contributed by atoms with van der Waals surface area (Å²) in [5.41, 5.74) is 5.24. The number of halogens is 1. The van der Waals surface area contributed by atoms with Crippen molar-refractivity contribution >= 4 is 27.5 Å². The van der Waals surface area contributed by atoms with Gasteiger partial charge in [-0.05, 0) is 66.9 Å². The lowest BCUT2D eigenvalue weighted by atomic mass is 10.1. The third-order valence-electron chi connectivity index (χ3n) is 5.42. The van der Waals surface area contributed by atoms with Gasteiger partial charge in [-0.15, -0.1) is 0 Å². The second-order valence-corrected chi connectivity index (χ2v) is 9.01. The number of anilines is 1. The van der Waals surface area contributed by atoms with Crippen LogP contribution in [0.1, 0.15) is 32.6 Å². The van der Waals surface area contributed by atoms with Gasteiger partial charge in [-0.25, -0.2) is 0 Å². The molecule has 0 aliphatic carbocycles. The van der Waals surface area contributed by atoms with E-state index in [4.69, 9.17) is 9.47 Å². The molecule has 0 spiro atoms. The van der Waals surface area contributed by atoms with E-state index < -0.39 is 0 Å². The first-order valence-electron chi connectivity index (χ1n) is 10.9. The number of amides is 1. The van der Waals surface area contributed by atoms with Crippen LogP contribution in [0.2, 0.25) is 0 Å². The van der Waals surface area contributed by atoms with E-state index in [1.165, 1.54) is 0 Å². The van der Waals surface area contributed by atoms with Crippen molar-refractivity contribution in [3.8, 4) is 11.5 Å². The molecule has 1 amide bonds. The molecule has 0 atom stereocenters. The first kappa shape index (κ1) is 23.6. The van der Waals surface area contributed by atoms with Gasteiger partial charge in [-0.1, -0.05) is 40.2 Å². The van der Waals surface area contributed by atoms with Gasteiger partial charge in [0.25, 0.3) is 5.91 Å². The van der Waals surface area contributed by atoms with Crippen molar-refractivity contribution in [1.82, 2.24) is 9.78 Å². The van der Waals surface area contributed by atoms with Gasteiger partial charge < -0.3 is 14.8 Å². The number of carbonyl (C=O) groups excluding carboxylic acids is 1. The Labute approximate surface area is 207 Å². The van der Waals surface area contributed by atoms with Crippen molar-refractivity contribution in [3.05, 3.63) is 105 Å². The fourth-order valence-corrected chi connectivity index (χ4v) is 3.81. The minimum Gasteiger partial charge on any atom is -0.496 e. The Kier molecular flexibility index (Phi) is 7.33. The quantitative estimate of drug-likeness (QED) is 0.303. The number of hydrogen-bond acceptors (Lipinski definition) is 4. The Bertz CT molecular complexity index is 1300. The standard InChI is InChI=1S/C27H26BrN3O3/c1-18-4-5-19(2)26(12-18)34-17-22-13-21(8-11-25(22)33-3)27(32)30-24-14-29-31(16-24)15-20-6-9-23(28)10-7-20/h4-14,16H,15,17H2,1-3H3,(H,30,32). The van der Waals surface area contributed by atoms with Crippen molar-refractivity contribution in [1.29, 1.82) is 0 Å². The van der Waals surface area contributed by atoms with Crippen molar-refractivity contribution in [2.45, 2.75) is 27.0 Å². The van der Waals surface area contributed by atoms with Crippen LogP contribution in [0.3, 0.4) is 0 Å². The fourth-order valence-electron chi connectivity index (χ4n) is 3.55. The Morgan fingerprint density at radius 3 is 2.59 bits per heavy atom. The average molecular weight is 520 g/mol. The Morgan fingerprint density at radius 1 is 1.03 bits per heavy atom. The van der Waals surface area contributed by atoms with E-state index in [2.05, 4.69) is 32.4 Å². The maximum atomic E-state index is 12.9. The minimum atomic E-state index is -0.223. The van der Waals surface area contributed by atoms with E-state index in [9.17, 15) is 4.79 Å². The van der Waals surface area contributed by atoms with Gasteiger partial charge in [0.05, 0.1) is 25.5 Å². The molecule has 34 heavy (non-hydrogen) atoms. The molecule has 0 unspecified atom stereocenters. The third-order valence-corrected chi connectivity index (χ3v) is 5.95. The third kappa shape index (κ3) is 5.85. The zero-order valence-electron chi connectivity index (χ0n) is 19.3. The molecule has 0 radical (unpaired) electrons. The van der Waals surface area contributed by atoms with Crippen LogP contribution in [-0.2, 0) is 13.2 Å². The Morgan fingerprint density at radius 2 is 1.82 bits per heavy atom. The molecule has 0 aliphatic heterocycles. The van der Waals surface area contributed by atoms with Gasteiger partial charge in [-0.2, -0.15) is 5.10 Å². The normalized spacial score (nSPS) is 10.7. The molecule has 1 aromatic heterocycles. The zero-order valence-corrected chi connectivity index (χ0v) is 20.9. The molecule has 1 N–H and O–H groups in total. The molecule has 6 nitrogen and oxygen atoms in total. The second-order valence-electron chi connectivity index (χ2n) is 8.09. The number of methoxy groups -OCH3 is 1. The van der Waals surface area contributed by atoms with Crippen LogP contribution in [0.15, 0.2) is 77.5 Å². The molecule has 0 aliphatic rings. The molecule has 0 fully saturated rings. The molecule has 4 aromatic rings. The summed E-state index contributed by atoms with van der Waals surface area (Å²) in [7, 11) is 1.61. The van der Waals surface area contributed by atoms with E-state index in [0.29, 0.717) is 30.2 Å². The largest absolute Gasteiger partial charge is 0.496 e. The lowest BCUT2D eigenvalue weighted by Crippen LogP contribution is -2.12. The van der Waals surface area contributed by atoms with Crippen molar-refractivity contribution in [2.24, 2.45) is 0 Å². The molecule has 174 valence electrons. The van der Waals surface area contributed by atoms with Crippen molar-refractivity contribution < 1.29 is 14.3 Å². The van der Waals surface area contributed by atoms with Crippen LogP contribution in [0.4, 0.5) is 5.69 Å². The highest BCUT2D eigenvalue weighted by Gasteiger charge is 2.13. The number of nitrogens with one attached hydrogen (secondary N) is 1. The van der Waals surface area contributed by atoms with Crippen LogP contribution in [-0.4, -0.2) is 22.8 Å². The summed E-state index contributed by atoms with van der Waals surface area (Å²) >= 11 is 3.44. The summed E-state index contributed by atoms with van der Waals surface area (Å²) < 4.78 is 14.3. The summed E-state index contributed by atoms with van der Waals surface area (Å²) in [5, 5.41) is 7.27. The van der Waals surface area contributed by atoms with Gasteiger partial charge >= 0.3 is 0 Å². The Balaban J connectivity index is 1.44. The van der Waals surface area contributed by atoms with Gasteiger partial charge in [0.1, 0.15) is 18.1 Å². The number of nitrogens with zero attached hydrogens (tertiary/aromatic N) is 2. The molecule has 0 bridgehead atoms. The maximum Gasteiger partial charge on any atom is 0.255 e. The minimum absolute atomic E-state index is 0.223. The first-order valence-corrected chi connectivity index (χ1v) is 11.7. The van der Waals surface area contributed by atoms with Gasteiger partial charge in [-0.3, -0.25) is 9.48 Å². The Hall–Kier alpha value is -3.58. The van der Waals surface area contributed by atoms with E-state index in [1.54, 1.807) is 36.2 Å². The number of hydrogen-bond donors (Lipinski definition) is 1. The van der Waals surface area contributed by atoms with Gasteiger partial charge in [0.2, 0.25) is 0 Å². The monoisotopic (exact) mass is 519 g/mol. The van der Waals surface area contributed by atoms with E-state index in [-0.39, 0.29) is 5.91 Å². The highest BCUT2D eigenvalue weighted by Crippen LogP contribution is 2.25. The molecule has 7 heteroatoms. The highest BCUT2D eigenvalue weighted by molar-refractivity contribution is 9.10. The highest BCUT2D eigenvalue weighted by atomic mass is 79.9. The average Bonchev–Trinajstić information content (AvgIpc) is 3.27. The van der Waals surface area contributed by atoms with Crippen molar-refractivity contribution in [2.75, 3.05) is 12.4 Å². The van der Waals surface area contributed by atoms with Crippen LogP contribution in [0.25, 0.3) is 0 Å². The van der Waals surface area contributed by atoms with Gasteiger partial charge in [0, 0.05) is 21.8 Å². The smallest absolute Gasteiger partial charge is 0.255 e. The van der Waals surface area contributed by atoms with Crippen LogP contribution in [0.5, 0.6) is 11.5 Å². The maximum absolute atomic E-state index is 12.9.